The lowest BCUT2D eigenvalue weighted by Gasteiger charge is -2.39. The SMILES string of the molecule is CC1(C(=O)NCC2CCC(Nc3ccc(N(O)O)c(C(F)(F)F)c3)CC2)CCN(c2ccc(F)cc2)CC1. The van der Waals surface area contributed by atoms with Crippen molar-refractivity contribution in [2.75, 3.05) is 35.1 Å². The van der Waals surface area contributed by atoms with Gasteiger partial charge in [0.15, 0.2) is 0 Å². The van der Waals surface area contributed by atoms with Crippen LogP contribution in [0.5, 0.6) is 0 Å². The number of carbonyl (C=O) groups is 1. The Morgan fingerprint density at radius 2 is 1.68 bits per heavy atom. The van der Waals surface area contributed by atoms with Crippen molar-refractivity contribution in [2.24, 2.45) is 11.3 Å². The van der Waals surface area contributed by atoms with Gasteiger partial charge in [-0.25, -0.2) is 4.39 Å². The highest BCUT2D eigenvalue weighted by molar-refractivity contribution is 5.82. The quantitative estimate of drug-likeness (QED) is 0.262. The van der Waals surface area contributed by atoms with E-state index >= 15 is 0 Å². The fourth-order valence-electron chi connectivity index (χ4n) is 5.36. The second-order valence-electron chi connectivity index (χ2n) is 10.6. The van der Waals surface area contributed by atoms with Gasteiger partial charge in [-0.2, -0.15) is 13.2 Å². The van der Waals surface area contributed by atoms with Gasteiger partial charge in [0.25, 0.3) is 0 Å². The number of nitrogens with one attached hydrogen (secondary N) is 2. The summed E-state index contributed by atoms with van der Waals surface area (Å²) in [5.41, 5.74) is -1.12. The summed E-state index contributed by atoms with van der Waals surface area (Å²) >= 11 is 0. The Bertz CT molecular complexity index is 1090. The maximum Gasteiger partial charge on any atom is 0.418 e. The molecule has 7 nitrogen and oxygen atoms in total. The lowest BCUT2D eigenvalue weighted by atomic mass is 9.79. The molecular formula is C27H34F4N4O3. The third kappa shape index (κ3) is 6.68. The van der Waals surface area contributed by atoms with Gasteiger partial charge in [0.2, 0.25) is 5.91 Å². The number of hydrogen-bond donors (Lipinski definition) is 4. The molecule has 38 heavy (non-hydrogen) atoms. The highest BCUT2D eigenvalue weighted by Crippen LogP contribution is 2.38. The van der Waals surface area contributed by atoms with Crippen LogP contribution in [0, 0.1) is 17.2 Å². The van der Waals surface area contributed by atoms with Crippen LogP contribution in [0.2, 0.25) is 0 Å². The number of piperidine rings is 1. The Morgan fingerprint density at radius 3 is 2.26 bits per heavy atom. The first-order valence-electron chi connectivity index (χ1n) is 12.9. The fraction of sp³-hybridized carbons (Fsp3) is 0.519. The third-order valence-corrected chi connectivity index (χ3v) is 7.89. The molecule has 0 spiro atoms. The van der Waals surface area contributed by atoms with Crippen molar-refractivity contribution in [1.82, 2.24) is 5.32 Å². The van der Waals surface area contributed by atoms with Crippen molar-refractivity contribution in [2.45, 2.75) is 57.7 Å². The zero-order chi connectivity index (χ0) is 27.5. The van der Waals surface area contributed by atoms with Crippen molar-refractivity contribution >= 4 is 23.0 Å². The lowest BCUT2D eigenvalue weighted by Crippen LogP contribution is -2.48. The number of halogens is 4. The molecule has 2 aliphatic rings. The summed E-state index contributed by atoms with van der Waals surface area (Å²) in [4.78, 5) is 15.2. The predicted molar refractivity (Wildman–Crippen MR) is 136 cm³/mol. The predicted octanol–water partition coefficient (Wildman–Crippen LogP) is 5.82. The molecule has 1 heterocycles. The number of hydrogen-bond acceptors (Lipinski definition) is 6. The van der Waals surface area contributed by atoms with Gasteiger partial charge < -0.3 is 15.5 Å². The number of nitrogens with zero attached hydrogens (tertiary/aromatic N) is 2. The van der Waals surface area contributed by atoms with Gasteiger partial charge >= 0.3 is 6.18 Å². The molecule has 1 aliphatic heterocycles. The third-order valence-electron chi connectivity index (χ3n) is 7.89. The summed E-state index contributed by atoms with van der Waals surface area (Å²) in [6.07, 6.45) is -0.164. The van der Waals surface area contributed by atoms with Crippen LogP contribution in [0.1, 0.15) is 51.0 Å². The largest absolute Gasteiger partial charge is 0.418 e. The minimum atomic E-state index is -4.74. The van der Waals surface area contributed by atoms with Crippen molar-refractivity contribution in [1.29, 1.82) is 0 Å². The van der Waals surface area contributed by atoms with Crippen LogP contribution in [0.3, 0.4) is 0 Å². The van der Waals surface area contributed by atoms with E-state index in [1.807, 2.05) is 6.92 Å². The number of amides is 1. The lowest BCUT2D eigenvalue weighted by molar-refractivity contribution is -0.138. The summed E-state index contributed by atoms with van der Waals surface area (Å²) < 4.78 is 53.1. The molecule has 0 atom stereocenters. The molecule has 0 aromatic heterocycles. The van der Waals surface area contributed by atoms with Crippen LogP contribution in [-0.2, 0) is 11.0 Å². The van der Waals surface area contributed by atoms with Gasteiger partial charge in [-0.05, 0) is 86.9 Å². The van der Waals surface area contributed by atoms with Gasteiger partial charge in [0, 0.05) is 42.5 Å². The molecule has 0 unspecified atom stereocenters. The highest BCUT2D eigenvalue weighted by Gasteiger charge is 2.38. The van der Waals surface area contributed by atoms with Crippen molar-refractivity contribution < 1.29 is 32.8 Å². The van der Waals surface area contributed by atoms with Gasteiger partial charge in [-0.15, -0.1) is 5.23 Å². The van der Waals surface area contributed by atoms with Crippen LogP contribution < -0.4 is 20.8 Å². The maximum atomic E-state index is 13.3. The normalized spacial score (nSPS) is 21.6. The number of anilines is 3. The molecule has 1 saturated heterocycles. The number of rotatable bonds is 7. The molecule has 1 amide bonds. The molecule has 1 saturated carbocycles. The molecule has 1 aliphatic carbocycles. The molecule has 0 bridgehead atoms. The Labute approximate surface area is 219 Å². The maximum absolute atomic E-state index is 13.3. The minimum absolute atomic E-state index is 0.0125. The molecular weight excluding hydrogens is 504 g/mol. The Kier molecular flexibility index (Phi) is 8.37. The van der Waals surface area contributed by atoms with E-state index in [1.165, 1.54) is 18.2 Å². The molecule has 4 rings (SSSR count). The van der Waals surface area contributed by atoms with Gasteiger partial charge in [0.1, 0.15) is 11.5 Å². The molecule has 0 radical (unpaired) electrons. The average Bonchev–Trinajstić information content (AvgIpc) is 2.88. The number of carbonyl (C=O) groups excluding carboxylic acids is 1. The zero-order valence-corrected chi connectivity index (χ0v) is 21.3. The molecule has 2 aromatic carbocycles. The van der Waals surface area contributed by atoms with Crippen LogP contribution in [0.25, 0.3) is 0 Å². The van der Waals surface area contributed by atoms with E-state index in [9.17, 15) is 22.4 Å². The first-order valence-corrected chi connectivity index (χ1v) is 12.9. The van der Waals surface area contributed by atoms with E-state index < -0.39 is 28.1 Å². The van der Waals surface area contributed by atoms with Crippen LogP contribution >= 0.6 is 0 Å². The summed E-state index contributed by atoms with van der Waals surface area (Å²) in [5.74, 6) is 0.0645. The summed E-state index contributed by atoms with van der Waals surface area (Å²) in [5, 5.41) is 23.9. The Morgan fingerprint density at radius 1 is 1.05 bits per heavy atom. The molecule has 11 heteroatoms. The van der Waals surface area contributed by atoms with Gasteiger partial charge in [-0.3, -0.25) is 15.2 Å². The molecule has 2 fully saturated rings. The molecule has 2 aromatic rings. The van der Waals surface area contributed by atoms with Gasteiger partial charge in [0.05, 0.1) is 5.56 Å². The van der Waals surface area contributed by atoms with Crippen molar-refractivity contribution in [3.63, 3.8) is 0 Å². The topological polar surface area (TPSA) is 88.1 Å². The van der Waals surface area contributed by atoms with E-state index in [-0.39, 0.29) is 23.5 Å². The van der Waals surface area contributed by atoms with Crippen LogP contribution in [-0.4, -0.2) is 42.0 Å². The number of benzene rings is 2. The average molecular weight is 539 g/mol. The smallest absolute Gasteiger partial charge is 0.382 e. The molecule has 4 N–H and O–H groups in total. The minimum Gasteiger partial charge on any atom is -0.382 e. The monoisotopic (exact) mass is 538 g/mol. The molecule has 208 valence electrons. The van der Waals surface area contributed by atoms with E-state index in [0.717, 1.165) is 56.6 Å². The zero-order valence-electron chi connectivity index (χ0n) is 21.3. The Balaban J connectivity index is 1.22. The van der Waals surface area contributed by atoms with Crippen molar-refractivity contribution in [3.8, 4) is 0 Å². The summed E-state index contributed by atoms with van der Waals surface area (Å²) in [7, 11) is 0. The second kappa shape index (κ2) is 11.4. The Hall–Kier alpha value is -3.05. The van der Waals surface area contributed by atoms with Crippen LogP contribution in [0.15, 0.2) is 42.5 Å². The summed E-state index contributed by atoms with van der Waals surface area (Å²) in [6, 6.07) is 9.66. The highest BCUT2D eigenvalue weighted by atomic mass is 19.4. The standard InChI is InChI=1S/C27H34F4N4O3/c1-26(12-14-34(15-13-26)22-9-4-19(28)5-10-22)25(36)32-17-18-2-6-20(7-3-18)33-21-8-11-24(35(37)38)23(16-21)27(29,30)31/h4-5,8-11,16,18,20,33,37-38H,2-3,6-7,12-15,17H2,1H3,(H,32,36). The first kappa shape index (κ1) is 28.0. The van der Waals surface area contributed by atoms with Crippen LogP contribution in [0.4, 0.5) is 34.6 Å². The first-order chi connectivity index (χ1) is 17.9. The number of alkyl halides is 3. The second-order valence-corrected chi connectivity index (χ2v) is 10.6. The summed E-state index contributed by atoms with van der Waals surface area (Å²) in [6.45, 7) is 3.99. The fourth-order valence-corrected chi connectivity index (χ4v) is 5.36. The van der Waals surface area contributed by atoms with E-state index in [0.29, 0.717) is 25.3 Å². The van der Waals surface area contributed by atoms with E-state index in [4.69, 9.17) is 10.4 Å². The van der Waals surface area contributed by atoms with E-state index in [2.05, 4.69) is 15.5 Å². The van der Waals surface area contributed by atoms with E-state index in [1.54, 1.807) is 12.1 Å². The van der Waals surface area contributed by atoms with Gasteiger partial charge in [-0.1, -0.05) is 6.92 Å². The van der Waals surface area contributed by atoms with Crippen molar-refractivity contribution in [3.05, 3.63) is 53.8 Å².